The van der Waals surface area contributed by atoms with Gasteiger partial charge in [-0.3, -0.25) is 14.5 Å². The molecule has 1 heterocycles. The number of carbonyl (C=O) groups excluding carboxylic acids is 2. The molecule has 1 aliphatic heterocycles. The van der Waals surface area contributed by atoms with E-state index in [4.69, 9.17) is 11.5 Å². The lowest BCUT2D eigenvalue weighted by Crippen LogP contribution is -2.40. The zero-order chi connectivity index (χ0) is 19.2. The largest absolute Gasteiger partial charge is 0.399 e. The number of primary amides is 1. The third-order valence-corrected chi connectivity index (χ3v) is 4.90. The minimum Gasteiger partial charge on any atom is -0.399 e. The molecule has 27 heavy (non-hydrogen) atoms. The Morgan fingerprint density at radius 2 is 1.70 bits per heavy atom. The summed E-state index contributed by atoms with van der Waals surface area (Å²) in [5, 5.41) is 2.91. The molecule has 142 valence electrons. The molecular weight excluding hydrogens is 340 g/mol. The highest BCUT2D eigenvalue weighted by Gasteiger charge is 2.23. The fraction of sp³-hybridized carbons (Fsp3) is 0.333. The van der Waals surface area contributed by atoms with Gasteiger partial charge in [0.2, 0.25) is 11.8 Å². The number of hydrogen-bond donors (Lipinski definition) is 3. The van der Waals surface area contributed by atoms with Crippen LogP contribution < -0.4 is 16.8 Å². The molecule has 0 spiro atoms. The first-order chi connectivity index (χ1) is 13.0. The number of rotatable bonds is 6. The lowest BCUT2D eigenvalue weighted by molar-refractivity contribution is -0.123. The van der Waals surface area contributed by atoms with Crippen LogP contribution in [-0.4, -0.2) is 29.8 Å². The van der Waals surface area contributed by atoms with E-state index in [1.54, 1.807) is 12.1 Å². The molecule has 0 saturated carbocycles. The smallest absolute Gasteiger partial charge is 0.228 e. The van der Waals surface area contributed by atoms with E-state index in [2.05, 4.69) is 10.2 Å². The molecule has 2 amide bonds. The van der Waals surface area contributed by atoms with Crippen molar-refractivity contribution in [3.05, 3.63) is 59.7 Å². The van der Waals surface area contributed by atoms with E-state index in [-0.39, 0.29) is 17.7 Å². The van der Waals surface area contributed by atoms with Gasteiger partial charge in [0.1, 0.15) is 0 Å². The van der Waals surface area contributed by atoms with Crippen LogP contribution in [0.1, 0.15) is 24.0 Å². The molecule has 6 nitrogen and oxygen atoms in total. The number of anilines is 2. The Hall–Kier alpha value is -2.86. The summed E-state index contributed by atoms with van der Waals surface area (Å²) in [5.74, 6) is -0.322. The third kappa shape index (κ3) is 5.56. The van der Waals surface area contributed by atoms with Gasteiger partial charge in [-0.05, 0) is 54.8 Å². The highest BCUT2D eigenvalue weighted by atomic mass is 16.2. The maximum atomic E-state index is 12.2. The minimum atomic E-state index is -0.209. The Kier molecular flexibility index (Phi) is 6.08. The highest BCUT2D eigenvalue weighted by Crippen LogP contribution is 2.19. The first kappa shape index (κ1) is 18.9. The van der Waals surface area contributed by atoms with E-state index < -0.39 is 0 Å². The molecule has 0 aromatic heterocycles. The number of nitrogens with one attached hydrogen (secondary N) is 1. The van der Waals surface area contributed by atoms with Crippen LogP contribution in [0.25, 0.3) is 0 Å². The lowest BCUT2D eigenvalue weighted by Gasteiger charge is -2.31. The van der Waals surface area contributed by atoms with Crippen LogP contribution in [0, 0.1) is 5.92 Å². The van der Waals surface area contributed by atoms with Crippen molar-refractivity contribution in [2.75, 3.05) is 24.1 Å². The van der Waals surface area contributed by atoms with E-state index in [1.165, 1.54) is 0 Å². The first-order valence-corrected chi connectivity index (χ1v) is 9.24. The van der Waals surface area contributed by atoms with Crippen molar-refractivity contribution in [3.8, 4) is 0 Å². The molecule has 0 aliphatic carbocycles. The zero-order valence-electron chi connectivity index (χ0n) is 15.4. The van der Waals surface area contributed by atoms with Gasteiger partial charge in [-0.15, -0.1) is 0 Å². The summed E-state index contributed by atoms with van der Waals surface area (Å²) in [4.78, 5) is 25.8. The summed E-state index contributed by atoms with van der Waals surface area (Å²) in [5.41, 5.74) is 14.6. The molecule has 6 heteroatoms. The van der Waals surface area contributed by atoms with Crippen LogP contribution in [0.4, 0.5) is 11.4 Å². The number of nitrogens with zero attached hydrogens (tertiary/aromatic N) is 1. The Balaban J connectivity index is 1.51. The predicted octanol–water partition coefficient (Wildman–Crippen LogP) is 2.15. The van der Waals surface area contributed by atoms with E-state index in [9.17, 15) is 9.59 Å². The summed E-state index contributed by atoms with van der Waals surface area (Å²) in [6.45, 7) is 2.47. The van der Waals surface area contributed by atoms with Gasteiger partial charge in [-0.25, -0.2) is 0 Å². The molecule has 3 rings (SSSR count). The maximum Gasteiger partial charge on any atom is 0.228 e. The SMILES string of the molecule is NC(=O)C1CCCN(Cc2ccc(NC(=O)Cc3ccc(N)cc3)cc2)C1. The molecule has 1 atom stereocenters. The van der Waals surface area contributed by atoms with Crippen LogP contribution >= 0.6 is 0 Å². The van der Waals surface area contributed by atoms with E-state index in [0.717, 1.165) is 49.3 Å². The minimum absolute atomic E-state index is 0.0503. The number of nitrogens with two attached hydrogens (primary N) is 2. The zero-order valence-corrected chi connectivity index (χ0v) is 15.4. The molecular formula is C21H26N4O2. The number of hydrogen-bond acceptors (Lipinski definition) is 4. The number of nitrogen functional groups attached to an aromatic ring is 1. The van der Waals surface area contributed by atoms with Crippen molar-refractivity contribution < 1.29 is 9.59 Å². The van der Waals surface area contributed by atoms with Crippen molar-refractivity contribution >= 4 is 23.2 Å². The Bertz CT molecular complexity index is 787. The van der Waals surface area contributed by atoms with Gasteiger partial charge in [-0.1, -0.05) is 24.3 Å². The monoisotopic (exact) mass is 366 g/mol. The van der Waals surface area contributed by atoms with Gasteiger partial charge in [0.15, 0.2) is 0 Å². The molecule has 2 aromatic rings. The van der Waals surface area contributed by atoms with Gasteiger partial charge >= 0.3 is 0 Å². The van der Waals surface area contributed by atoms with Crippen LogP contribution in [0.15, 0.2) is 48.5 Å². The Morgan fingerprint density at radius 3 is 2.37 bits per heavy atom. The number of amides is 2. The second kappa shape index (κ2) is 8.68. The highest BCUT2D eigenvalue weighted by molar-refractivity contribution is 5.92. The van der Waals surface area contributed by atoms with Gasteiger partial charge < -0.3 is 16.8 Å². The number of carbonyl (C=O) groups is 2. The van der Waals surface area contributed by atoms with Crippen LogP contribution in [-0.2, 0) is 22.6 Å². The first-order valence-electron chi connectivity index (χ1n) is 9.24. The lowest BCUT2D eigenvalue weighted by atomic mass is 9.97. The van der Waals surface area contributed by atoms with E-state index in [0.29, 0.717) is 12.1 Å². The van der Waals surface area contributed by atoms with Crippen molar-refractivity contribution in [2.24, 2.45) is 11.7 Å². The molecule has 1 fully saturated rings. The normalized spacial score (nSPS) is 17.4. The number of piperidine rings is 1. The van der Waals surface area contributed by atoms with E-state index >= 15 is 0 Å². The molecule has 1 unspecified atom stereocenters. The van der Waals surface area contributed by atoms with Gasteiger partial charge in [0, 0.05) is 24.5 Å². The second-order valence-electron chi connectivity index (χ2n) is 7.14. The average molecular weight is 366 g/mol. The summed E-state index contributed by atoms with van der Waals surface area (Å²) < 4.78 is 0. The fourth-order valence-electron chi connectivity index (χ4n) is 3.41. The Morgan fingerprint density at radius 1 is 1.04 bits per heavy atom. The third-order valence-electron chi connectivity index (χ3n) is 4.90. The molecule has 1 aliphatic rings. The summed E-state index contributed by atoms with van der Waals surface area (Å²) in [6, 6.07) is 15.1. The van der Waals surface area contributed by atoms with Crippen molar-refractivity contribution in [2.45, 2.75) is 25.8 Å². The van der Waals surface area contributed by atoms with Crippen molar-refractivity contribution in [1.29, 1.82) is 0 Å². The van der Waals surface area contributed by atoms with Gasteiger partial charge in [0.25, 0.3) is 0 Å². The van der Waals surface area contributed by atoms with Gasteiger partial charge in [-0.2, -0.15) is 0 Å². The summed E-state index contributed by atoms with van der Waals surface area (Å²) in [7, 11) is 0. The molecule has 1 saturated heterocycles. The van der Waals surface area contributed by atoms with Crippen molar-refractivity contribution in [3.63, 3.8) is 0 Å². The topological polar surface area (TPSA) is 101 Å². The molecule has 5 N–H and O–H groups in total. The Labute approximate surface area is 159 Å². The van der Waals surface area contributed by atoms with Crippen LogP contribution in [0.3, 0.4) is 0 Å². The van der Waals surface area contributed by atoms with Gasteiger partial charge in [0.05, 0.1) is 12.3 Å². The standard InChI is InChI=1S/C21H26N4O2/c22-18-7-3-15(4-8-18)12-20(26)24-19-9-5-16(6-10-19)13-25-11-1-2-17(14-25)21(23)27/h3-10,17H,1-2,11-14,22H2,(H2,23,27)(H,24,26). The van der Waals surface area contributed by atoms with Crippen LogP contribution in [0.5, 0.6) is 0 Å². The molecule has 0 radical (unpaired) electrons. The quantitative estimate of drug-likeness (QED) is 0.682. The maximum absolute atomic E-state index is 12.2. The van der Waals surface area contributed by atoms with E-state index in [1.807, 2.05) is 36.4 Å². The average Bonchev–Trinajstić information content (AvgIpc) is 2.65. The van der Waals surface area contributed by atoms with Crippen molar-refractivity contribution in [1.82, 2.24) is 4.90 Å². The molecule has 2 aromatic carbocycles. The van der Waals surface area contributed by atoms with Crippen LogP contribution in [0.2, 0.25) is 0 Å². The second-order valence-corrected chi connectivity index (χ2v) is 7.14. The predicted molar refractivity (Wildman–Crippen MR) is 107 cm³/mol. The summed E-state index contributed by atoms with van der Waals surface area (Å²) in [6.07, 6.45) is 2.18. The molecule has 0 bridgehead atoms. The summed E-state index contributed by atoms with van der Waals surface area (Å²) >= 11 is 0. The number of likely N-dealkylation sites (tertiary alicyclic amines) is 1. The number of benzene rings is 2. The fourth-order valence-corrected chi connectivity index (χ4v) is 3.41.